The Morgan fingerprint density at radius 1 is 1.53 bits per heavy atom. The van der Waals surface area contributed by atoms with Gasteiger partial charge >= 0.3 is 6.09 Å². The number of anilines is 2. The van der Waals surface area contributed by atoms with Crippen LogP contribution in [0.1, 0.15) is 13.8 Å². The summed E-state index contributed by atoms with van der Waals surface area (Å²) in [6, 6.07) is 4.96. The fourth-order valence-electron chi connectivity index (χ4n) is 1.24. The number of nitrogen functional groups attached to an aromatic ring is 1. The van der Waals surface area contributed by atoms with Crippen molar-refractivity contribution in [3.8, 4) is 0 Å². The van der Waals surface area contributed by atoms with Crippen LogP contribution in [0, 0.1) is 5.92 Å². The monoisotopic (exact) mass is 256 g/mol. The average Bonchev–Trinajstić information content (AvgIpc) is 2.28. The molecule has 0 aliphatic carbocycles. The highest BCUT2D eigenvalue weighted by molar-refractivity contribution is 6.31. The third-order valence-electron chi connectivity index (χ3n) is 2.17. The van der Waals surface area contributed by atoms with Crippen molar-refractivity contribution in [1.29, 1.82) is 0 Å². The maximum absolute atomic E-state index is 11.7. The van der Waals surface area contributed by atoms with Gasteiger partial charge in [-0.2, -0.15) is 0 Å². The van der Waals surface area contributed by atoms with Crippen LogP contribution in [0.4, 0.5) is 16.2 Å². The zero-order chi connectivity index (χ0) is 13.0. The molecule has 0 saturated heterocycles. The lowest BCUT2D eigenvalue weighted by Crippen LogP contribution is -2.28. The summed E-state index contributed by atoms with van der Waals surface area (Å²) in [4.78, 5) is 13.1. The molecular weight excluding hydrogens is 240 g/mol. The molecule has 0 aromatic heterocycles. The molecule has 0 aliphatic rings. The third-order valence-corrected chi connectivity index (χ3v) is 2.40. The first-order chi connectivity index (χ1) is 7.91. The van der Waals surface area contributed by atoms with Gasteiger partial charge in [-0.1, -0.05) is 25.4 Å². The molecule has 0 saturated carbocycles. The summed E-state index contributed by atoms with van der Waals surface area (Å²) >= 11 is 5.86. The third kappa shape index (κ3) is 3.82. The first kappa shape index (κ1) is 13.6. The number of carbonyl (C=O) groups excluding carboxylic acids is 1. The molecule has 1 aromatic carbocycles. The van der Waals surface area contributed by atoms with Gasteiger partial charge in [-0.3, -0.25) is 4.90 Å². The lowest BCUT2D eigenvalue weighted by Gasteiger charge is -2.19. The Labute approximate surface area is 106 Å². The minimum atomic E-state index is -0.437. The minimum absolute atomic E-state index is 0.295. The molecule has 0 radical (unpaired) electrons. The molecule has 0 atom stereocenters. The minimum Gasteiger partial charge on any atom is -0.449 e. The van der Waals surface area contributed by atoms with Crippen LogP contribution in [-0.4, -0.2) is 19.7 Å². The topological polar surface area (TPSA) is 55.6 Å². The SMILES string of the molecule is CC(C)COC(=O)N(C)c1cc(Cl)ccc1N. The van der Waals surface area contributed by atoms with Gasteiger partial charge in [-0.05, 0) is 24.1 Å². The maximum atomic E-state index is 11.7. The number of nitrogens with zero attached hydrogens (tertiary/aromatic N) is 1. The van der Waals surface area contributed by atoms with E-state index in [9.17, 15) is 4.79 Å². The first-order valence-electron chi connectivity index (χ1n) is 5.37. The highest BCUT2D eigenvalue weighted by Crippen LogP contribution is 2.26. The van der Waals surface area contributed by atoms with Gasteiger partial charge in [-0.25, -0.2) is 4.79 Å². The molecule has 17 heavy (non-hydrogen) atoms. The van der Waals surface area contributed by atoms with Crippen LogP contribution < -0.4 is 10.6 Å². The molecule has 1 amide bonds. The molecule has 4 nitrogen and oxygen atoms in total. The number of amides is 1. The van der Waals surface area contributed by atoms with Crippen LogP contribution in [0.5, 0.6) is 0 Å². The van der Waals surface area contributed by atoms with Crippen molar-refractivity contribution < 1.29 is 9.53 Å². The van der Waals surface area contributed by atoms with E-state index in [0.29, 0.717) is 28.9 Å². The Morgan fingerprint density at radius 3 is 2.76 bits per heavy atom. The van der Waals surface area contributed by atoms with Crippen LogP contribution in [0.15, 0.2) is 18.2 Å². The summed E-state index contributed by atoms with van der Waals surface area (Å²) < 4.78 is 5.10. The van der Waals surface area contributed by atoms with E-state index in [1.165, 1.54) is 4.90 Å². The number of halogens is 1. The van der Waals surface area contributed by atoms with E-state index in [-0.39, 0.29) is 0 Å². The fraction of sp³-hybridized carbons (Fsp3) is 0.417. The lowest BCUT2D eigenvalue weighted by molar-refractivity contribution is 0.141. The second-order valence-electron chi connectivity index (χ2n) is 4.23. The van der Waals surface area contributed by atoms with Gasteiger partial charge < -0.3 is 10.5 Å². The van der Waals surface area contributed by atoms with Gasteiger partial charge in [0.2, 0.25) is 0 Å². The van der Waals surface area contributed by atoms with Gasteiger partial charge in [0.25, 0.3) is 0 Å². The number of nitrogens with two attached hydrogens (primary N) is 1. The molecule has 1 rings (SSSR count). The quantitative estimate of drug-likeness (QED) is 0.846. The highest BCUT2D eigenvalue weighted by Gasteiger charge is 2.15. The fourth-order valence-corrected chi connectivity index (χ4v) is 1.41. The summed E-state index contributed by atoms with van der Waals surface area (Å²) in [6.07, 6.45) is -0.437. The Hall–Kier alpha value is -1.42. The summed E-state index contributed by atoms with van der Waals surface area (Å²) in [5, 5.41) is 0.526. The van der Waals surface area contributed by atoms with Gasteiger partial charge in [0.1, 0.15) is 0 Å². The predicted molar refractivity (Wildman–Crippen MR) is 70.5 cm³/mol. The Balaban J connectivity index is 2.77. The van der Waals surface area contributed by atoms with E-state index >= 15 is 0 Å². The normalized spacial score (nSPS) is 10.4. The molecule has 0 aliphatic heterocycles. The van der Waals surface area contributed by atoms with Gasteiger partial charge in [-0.15, -0.1) is 0 Å². The zero-order valence-corrected chi connectivity index (χ0v) is 11.0. The van der Waals surface area contributed by atoms with E-state index in [1.54, 1.807) is 25.2 Å². The largest absolute Gasteiger partial charge is 0.449 e. The number of benzene rings is 1. The molecule has 0 unspecified atom stereocenters. The summed E-state index contributed by atoms with van der Waals surface area (Å²) in [6.45, 7) is 4.33. The van der Waals surface area contributed by atoms with E-state index in [4.69, 9.17) is 22.1 Å². The van der Waals surface area contributed by atoms with Crippen molar-refractivity contribution in [2.75, 3.05) is 24.3 Å². The van der Waals surface area contributed by atoms with Crippen LogP contribution in [0.25, 0.3) is 0 Å². The second-order valence-corrected chi connectivity index (χ2v) is 4.67. The van der Waals surface area contributed by atoms with Crippen molar-refractivity contribution in [3.63, 3.8) is 0 Å². The van der Waals surface area contributed by atoms with Crippen LogP contribution in [-0.2, 0) is 4.74 Å². The lowest BCUT2D eigenvalue weighted by atomic mass is 10.2. The molecule has 0 heterocycles. The van der Waals surface area contributed by atoms with Crippen molar-refractivity contribution >= 4 is 29.1 Å². The molecule has 0 fully saturated rings. The smallest absolute Gasteiger partial charge is 0.414 e. The van der Waals surface area contributed by atoms with Crippen molar-refractivity contribution in [2.24, 2.45) is 5.92 Å². The summed E-state index contributed by atoms with van der Waals surface area (Å²) in [5.41, 5.74) is 6.81. The highest BCUT2D eigenvalue weighted by atomic mass is 35.5. The number of ether oxygens (including phenoxy) is 1. The number of carbonyl (C=O) groups is 1. The van der Waals surface area contributed by atoms with Gasteiger partial charge in [0.15, 0.2) is 0 Å². The Morgan fingerprint density at radius 2 is 2.18 bits per heavy atom. The summed E-state index contributed by atoms with van der Waals surface area (Å²) in [7, 11) is 1.60. The van der Waals surface area contributed by atoms with Crippen molar-refractivity contribution in [2.45, 2.75) is 13.8 Å². The molecule has 0 bridgehead atoms. The first-order valence-corrected chi connectivity index (χ1v) is 5.75. The van der Waals surface area contributed by atoms with Crippen molar-refractivity contribution in [1.82, 2.24) is 0 Å². The molecular formula is C12H17ClN2O2. The number of hydrogen-bond acceptors (Lipinski definition) is 3. The Kier molecular flexibility index (Phi) is 4.63. The average molecular weight is 257 g/mol. The molecule has 0 spiro atoms. The van der Waals surface area contributed by atoms with Crippen LogP contribution in [0.2, 0.25) is 5.02 Å². The number of rotatable bonds is 3. The zero-order valence-electron chi connectivity index (χ0n) is 10.2. The van der Waals surface area contributed by atoms with E-state index in [2.05, 4.69) is 0 Å². The Bertz CT molecular complexity index is 407. The van der Waals surface area contributed by atoms with Crippen LogP contribution in [0.3, 0.4) is 0 Å². The van der Waals surface area contributed by atoms with Gasteiger partial charge in [0.05, 0.1) is 18.0 Å². The molecule has 1 aromatic rings. The maximum Gasteiger partial charge on any atom is 0.414 e. The predicted octanol–water partition coefficient (Wildman–Crippen LogP) is 3.15. The van der Waals surface area contributed by atoms with Gasteiger partial charge in [0, 0.05) is 12.1 Å². The standard InChI is InChI=1S/C12H17ClN2O2/c1-8(2)7-17-12(16)15(3)11-6-9(13)4-5-10(11)14/h4-6,8H,7,14H2,1-3H3. The molecule has 94 valence electrons. The second kappa shape index (κ2) is 5.77. The van der Waals surface area contributed by atoms with E-state index in [0.717, 1.165) is 0 Å². The molecule has 5 heteroatoms. The van der Waals surface area contributed by atoms with E-state index < -0.39 is 6.09 Å². The summed E-state index contributed by atoms with van der Waals surface area (Å²) in [5.74, 6) is 0.295. The van der Waals surface area contributed by atoms with E-state index in [1.807, 2.05) is 13.8 Å². The van der Waals surface area contributed by atoms with Crippen molar-refractivity contribution in [3.05, 3.63) is 23.2 Å². The number of hydrogen-bond donors (Lipinski definition) is 1. The van der Waals surface area contributed by atoms with Crippen LogP contribution >= 0.6 is 11.6 Å². The molecule has 2 N–H and O–H groups in total.